The fourth-order valence-electron chi connectivity index (χ4n) is 4.01. The van der Waals surface area contributed by atoms with Gasteiger partial charge in [-0.1, -0.05) is 27.7 Å². The first kappa shape index (κ1) is 28.9. The number of nitrogens with zero attached hydrogens (tertiary/aromatic N) is 2. The van der Waals surface area contributed by atoms with Gasteiger partial charge in [0, 0.05) is 24.8 Å². The number of fused-ring (bicyclic) bond motifs is 1. The summed E-state index contributed by atoms with van der Waals surface area (Å²) < 4.78 is 89.0. The standard InChI is InChI=1S/C22H30F3N4O6PS/c1-12(22(23,24)25)9-10-29-18(21(2,3)4)17(30)16(20(29)31)19-26-14-8-7-13(28-37(6,33)34)11-15(14)36(32,27-19)35-5/h7-8,11-12,28,30-31H,9-10H2,1-6H3,(H,26,27,32). The summed E-state index contributed by atoms with van der Waals surface area (Å²) in [6, 6.07) is 4.11. The molecule has 0 fully saturated rings. The summed E-state index contributed by atoms with van der Waals surface area (Å²) in [4.78, 5) is 0. The van der Waals surface area contributed by atoms with Crippen LogP contribution in [0, 0.1) is 5.92 Å². The SMILES string of the molecule is COP1(=O)N=C(c2c(O)c(C(C)(C)C)n(CCC(C)C(F)(F)F)c2O)Nc2ccc(NS(C)(=O)=O)cc21. The van der Waals surface area contributed by atoms with Crippen LogP contribution in [0.5, 0.6) is 11.6 Å². The number of anilines is 2. The predicted molar refractivity (Wildman–Crippen MR) is 136 cm³/mol. The lowest BCUT2D eigenvalue weighted by Crippen LogP contribution is -2.26. The third-order valence-corrected chi connectivity index (χ3v) is 8.38. The quantitative estimate of drug-likeness (QED) is 0.362. The van der Waals surface area contributed by atoms with Gasteiger partial charge in [0.05, 0.1) is 28.9 Å². The Morgan fingerprint density at radius 3 is 2.38 bits per heavy atom. The summed E-state index contributed by atoms with van der Waals surface area (Å²) in [5.41, 5.74) is -0.546. The number of aromatic hydroxyl groups is 2. The minimum atomic E-state index is -4.43. The Morgan fingerprint density at radius 1 is 1.24 bits per heavy atom. The lowest BCUT2D eigenvalue weighted by molar-refractivity contribution is -0.171. The molecule has 1 aromatic carbocycles. The maximum absolute atomic E-state index is 13.6. The highest BCUT2D eigenvalue weighted by atomic mass is 32.2. The van der Waals surface area contributed by atoms with Gasteiger partial charge < -0.3 is 24.6 Å². The van der Waals surface area contributed by atoms with Gasteiger partial charge in [-0.15, -0.1) is 0 Å². The highest BCUT2D eigenvalue weighted by molar-refractivity contribution is 7.92. The Bertz CT molecular complexity index is 1400. The van der Waals surface area contributed by atoms with E-state index in [0.29, 0.717) is 0 Å². The van der Waals surface area contributed by atoms with Crippen molar-refractivity contribution in [3.8, 4) is 11.6 Å². The zero-order valence-corrected chi connectivity index (χ0v) is 22.8. The molecule has 2 aromatic rings. The van der Waals surface area contributed by atoms with Crippen LogP contribution in [-0.4, -0.2) is 48.6 Å². The summed E-state index contributed by atoms with van der Waals surface area (Å²) in [7, 11) is -6.52. The normalized spacial score (nSPS) is 19.1. The van der Waals surface area contributed by atoms with Crippen LogP contribution in [0.25, 0.3) is 0 Å². The van der Waals surface area contributed by atoms with E-state index in [9.17, 15) is 36.4 Å². The second-order valence-electron chi connectivity index (χ2n) is 9.91. The van der Waals surface area contributed by atoms with E-state index in [1.54, 1.807) is 20.8 Å². The van der Waals surface area contributed by atoms with Gasteiger partial charge in [-0.2, -0.15) is 17.9 Å². The zero-order chi connectivity index (χ0) is 28.1. The molecule has 4 N–H and O–H groups in total. The van der Waals surface area contributed by atoms with Gasteiger partial charge >= 0.3 is 13.7 Å². The molecule has 15 heteroatoms. The molecule has 10 nitrogen and oxygen atoms in total. The van der Waals surface area contributed by atoms with Gasteiger partial charge in [-0.05, 0) is 24.6 Å². The fraction of sp³-hybridized carbons (Fsp3) is 0.500. The maximum atomic E-state index is 13.6. The summed E-state index contributed by atoms with van der Waals surface area (Å²) in [5.74, 6) is -2.86. The number of hydrogen-bond acceptors (Lipinski definition) is 7. The molecular formula is C22H30F3N4O6PS. The van der Waals surface area contributed by atoms with E-state index in [1.807, 2.05) is 0 Å². The second kappa shape index (κ2) is 9.55. The van der Waals surface area contributed by atoms with E-state index in [2.05, 4.69) is 14.8 Å². The van der Waals surface area contributed by atoms with Crippen LogP contribution in [0.15, 0.2) is 23.0 Å². The van der Waals surface area contributed by atoms with Crippen molar-refractivity contribution >= 4 is 40.1 Å². The van der Waals surface area contributed by atoms with Crippen LogP contribution in [-0.2, 0) is 31.1 Å². The van der Waals surface area contributed by atoms with Crippen molar-refractivity contribution < 1.29 is 40.9 Å². The van der Waals surface area contributed by atoms with Crippen LogP contribution in [0.3, 0.4) is 0 Å². The highest BCUT2D eigenvalue weighted by Gasteiger charge is 2.40. The lowest BCUT2D eigenvalue weighted by Gasteiger charge is -2.24. The number of rotatable bonds is 7. The van der Waals surface area contributed by atoms with Crippen molar-refractivity contribution in [1.29, 1.82) is 0 Å². The molecule has 0 spiro atoms. The molecule has 2 heterocycles. The zero-order valence-electron chi connectivity index (χ0n) is 21.1. The third kappa shape index (κ3) is 5.91. The van der Waals surface area contributed by atoms with Crippen LogP contribution < -0.4 is 15.3 Å². The van der Waals surface area contributed by atoms with Crippen molar-refractivity contribution in [2.75, 3.05) is 23.4 Å². The fourth-order valence-corrected chi connectivity index (χ4v) is 6.11. The number of nitrogens with one attached hydrogen (secondary N) is 2. The molecule has 3 rings (SSSR count). The van der Waals surface area contributed by atoms with Crippen molar-refractivity contribution in [2.24, 2.45) is 10.7 Å². The summed E-state index contributed by atoms with van der Waals surface area (Å²) >= 11 is 0. The lowest BCUT2D eigenvalue weighted by atomic mass is 9.90. The largest absolute Gasteiger partial charge is 0.505 e. The minimum absolute atomic E-state index is 0.0425. The van der Waals surface area contributed by atoms with Gasteiger partial charge in [0.15, 0.2) is 11.6 Å². The predicted octanol–water partition coefficient (Wildman–Crippen LogP) is 4.49. The van der Waals surface area contributed by atoms with E-state index >= 15 is 0 Å². The van der Waals surface area contributed by atoms with E-state index in [1.165, 1.54) is 22.8 Å². The molecule has 206 valence electrons. The number of benzene rings is 1. The number of aromatic nitrogens is 1. The topological polar surface area (TPSA) is 142 Å². The summed E-state index contributed by atoms with van der Waals surface area (Å²) in [6.45, 7) is 5.94. The van der Waals surface area contributed by atoms with Gasteiger partial charge in [0.2, 0.25) is 15.9 Å². The van der Waals surface area contributed by atoms with Gasteiger partial charge in [0.25, 0.3) is 0 Å². The van der Waals surface area contributed by atoms with E-state index in [-0.39, 0.29) is 46.7 Å². The van der Waals surface area contributed by atoms with Gasteiger partial charge in [-0.25, -0.2) is 8.42 Å². The van der Waals surface area contributed by atoms with Crippen molar-refractivity contribution in [3.05, 3.63) is 29.5 Å². The Balaban J connectivity index is 2.14. The Hall–Kier alpha value is -2.70. The first-order valence-corrected chi connectivity index (χ1v) is 14.6. The average molecular weight is 567 g/mol. The van der Waals surface area contributed by atoms with Crippen LogP contribution >= 0.6 is 7.52 Å². The Morgan fingerprint density at radius 2 is 1.86 bits per heavy atom. The second-order valence-corrected chi connectivity index (χ2v) is 13.7. The Labute approximate surface area is 213 Å². The van der Waals surface area contributed by atoms with Crippen LogP contribution in [0.2, 0.25) is 0 Å². The number of alkyl halides is 3. The maximum Gasteiger partial charge on any atom is 0.391 e. The van der Waals surface area contributed by atoms with Crippen LogP contribution in [0.4, 0.5) is 24.5 Å². The van der Waals surface area contributed by atoms with Gasteiger partial charge in [-0.3, -0.25) is 9.29 Å². The molecule has 1 aromatic heterocycles. The van der Waals surface area contributed by atoms with Gasteiger partial charge in [0.1, 0.15) is 5.56 Å². The highest BCUT2D eigenvalue weighted by Crippen LogP contribution is 2.53. The van der Waals surface area contributed by atoms with Crippen molar-refractivity contribution in [3.63, 3.8) is 0 Å². The number of amidine groups is 1. The molecule has 1 aliphatic rings. The number of halogens is 3. The van der Waals surface area contributed by atoms with Crippen LogP contribution in [0.1, 0.15) is 45.4 Å². The molecule has 0 bridgehead atoms. The van der Waals surface area contributed by atoms with E-state index in [0.717, 1.165) is 20.3 Å². The molecule has 0 aliphatic carbocycles. The van der Waals surface area contributed by atoms with Crippen molar-refractivity contribution in [2.45, 2.75) is 52.3 Å². The molecule has 0 radical (unpaired) electrons. The summed E-state index contributed by atoms with van der Waals surface area (Å²) in [6.07, 6.45) is -3.83. The monoisotopic (exact) mass is 566 g/mol. The number of sulfonamides is 1. The molecule has 1 aliphatic heterocycles. The van der Waals surface area contributed by atoms with E-state index < -0.39 is 46.7 Å². The van der Waals surface area contributed by atoms with E-state index in [4.69, 9.17) is 4.52 Å². The molecule has 0 saturated carbocycles. The Kier molecular flexibility index (Phi) is 7.45. The molecule has 2 atom stereocenters. The molecule has 0 amide bonds. The average Bonchev–Trinajstić information content (AvgIpc) is 3.00. The minimum Gasteiger partial charge on any atom is -0.505 e. The smallest absolute Gasteiger partial charge is 0.391 e. The van der Waals surface area contributed by atoms with Crippen molar-refractivity contribution in [1.82, 2.24) is 4.57 Å². The first-order valence-electron chi connectivity index (χ1n) is 11.2. The molecular weight excluding hydrogens is 536 g/mol. The third-order valence-electron chi connectivity index (χ3n) is 5.84. The summed E-state index contributed by atoms with van der Waals surface area (Å²) in [5, 5.41) is 25.1. The molecule has 37 heavy (non-hydrogen) atoms. The molecule has 2 unspecified atom stereocenters. The number of hydrogen-bond donors (Lipinski definition) is 4. The molecule has 0 saturated heterocycles. The first-order chi connectivity index (χ1) is 16.8.